The van der Waals surface area contributed by atoms with Gasteiger partial charge in [-0.1, -0.05) is 0 Å². The molecule has 3 rings (SSSR count). The van der Waals surface area contributed by atoms with E-state index in [1.54, 1.807) is 0 Å². The van der Waals surface area contributed by atoms with E-state index in [1.165, 1.54) is 37.0 Å². The molecule has 0 aromatic carbocycles. The number of hydrogen-bond donors (Lipinski definition) is 2. The van der Waals surface area contributed by atoms with E-state index in [0.29, 0.717) is 29.1 Å². The summed E-state index contributed by atoms with van der Waals surface area (Å²) >= 11 is 1.46. The minimum absolute atomic E-state index is 0.286. The monoisotopic (exact) mass is 266 g/mol. The van der Waals surface area contributed by atoms with Crippen molar-refractivity contribution in [2.45, 2.75) is 44.6 Å². The van der Waals surface area contributed by atoms with Crippen LogP contribution < -0.4 is 11.1 Å². The molecule has 98 valence electrons. The molecule has 0 saturated heterocycles. The lowest BCUT2D eigenvalue weighted by molar-refractivity contribution is 0.0533. The van der Waals surface area contributed by atoms with E-state index in [2.05, 4.69) is 5.32 Å². The Morgan fingerprint density at radius 2 is 2.17 bits per heavy atom. The number of nitrogen functional groups attached to an aromatic ring is 1. The maximum atomic E-state index is 11.9. The summed E-state index contributed by atoms with van der Waals surface area (Å²) in [4.78, 5) is 12.4. The summed E-state index contributed by atoms with van der Waals surface area (Å²) in [6, 6.07) is 0.579. The van der Waals surface area contributed by atoms with Crippen LogP contribution in [0.5, 0.6) is 0 Å². The third kappa shape index (κ3) is 2.19. The van der Waals surface area contributed by atoms with Gasteiger partial charge in [0.1, 0.15) is 4.88 Å². The van der Waals surface area contributed by atoms with E-state index in [1.807, 2.05) is 6.92 Å². The predicted molar refractivity (Wildman–Crippen MR) is 73.3 cm³/mol. The van der Waals surface area contributed by atoms with Gasteiger partial charge in [0.2, 0.25) is 0 Å². The number of thiophene rings is 1. The fourth-order valence-corrected chi connectivity index (χ4v) is 3.28. The molecule has 0 amide bonds. The molecule has 5 heteroatoms. The number of esters is 1. The van der Waals surface area contributed by atoms with Crippen LogP contribution in [0.15, 0.2) is 0 Å². The number of hydrogen-bond acceptors (Lipinski definition) is 5. The van der Waals surface area contributed by atoms with Crippen LogP contribution in [0.25, 0.3) is 0 Å². The van der Waals surface area contributed by atoms with Crippen LogP contribution in [-0.4, -0.2) is 18.6 Å². The number of ether oxygens (including phenoxy) is 1. The van der Waals surface area contributed by atoms with Crippen LogP contribution in [0.3, 0.4) is 0 Å². The smallest absolute Gasteiger partial charge is 0.350 e. The van der Waals surface area contributed by atoms with E-state index < -0.39 is 0 Å². The third-order valence-electron chi connectivity index (χ3n) is 3.34. The van der Waals surface area contributed by atoms with E-state index >= 15 is 0 Å². The van der Waals surface area contributed by atoms with E-state index in [9.17, 15) is 4.79 Å². The number of carbonyl (C=O) groups excluding carboxylic acids is 1. The molecule has 0 aliphatic heterocycles. The number of carbonyl (C=O) groups is 1. The summed E-state index contributed by atoms with van der Waals surface area (Å²) in [6.07, 6.45) is 4.80. The number of nitrogens with two attached hydrogens (primary N) is 1. The summed E-state index contributed by atoms with van der Waals surface area (Å²) in [5, 5.41) is 4.59. The predicted octanol–water partition coefficient (Wildman–Crippen LogP) is 2.96. The molecule has 2 saturated carbocycles. The molecule has 0 bridgehead atoms. The lowest BCUT2D eigenvalue weighted by Crippen LogP contribution is -2.05. The second kappa shape index (κ2) is 4.46. The molecule has 2 fully saturated rings. The van der Waals surface area contributed by atoms with E-state index in [0.717, 1.165) is 10.6 Å². The van der Waals surface area contributed by atoms with Crippen LogP contribution >= 0.6 is 11.3 Å². The largest absolute Gasteiger partial charge is 0.462 e. The zero-order valence-corrected chi connectivity index (χ0v) is 11.3. The molecule has 2 aliphatic rings. The molecule has 1 heterocycles. The Kier molecular flexibility index (Phi) is 2.93. The van der Waals surface area contributed by atoms with Crippen molar-refractivity contribution < 1.29 is 9.53 Å². The highest BCUT2D eigenvalue weighted by molar-refractivity contribution is 7.18. The zero-order valence-electron chi connectivity index (χ0n) is 10.5. The minimum Gasteiger partial charge on any atom is -0.462 e. The van der Waals surface area contributed by atoms with Crippen molar-refractivity contribution in [2.24, 2.45) is 0 Å². The van der Waals surface area contributed by atoms with Crippen LogP contribution in [-0.2, 0) is 4.74 Å². The van der Waals surface area contributed by atoms with Crippen molar-refractivity contribution in [2.75, 3.05) is 17.7 Å². The molecular formula is C13H18N2O2S. The van der Waals surface area contributed by atoms with Gasteiger partial charge in [-0.15, -0.1) is 11.3 Å². The fraction of sp³-hybridized carbons (Fsp3) is 0.615. The van der Waals surface area contributed by atoms with Crippen LogP contribution in [0.1, 0.15) is 53.8 Å². The standard InChI is InChI=1S/C13H18N2O2S/c1-2-17-13(16)11-10(14)9(7-3-4-7)12(18-11)15-8-5-6-8/h7-8,15H,2-6,14H2,1H3. The summed E-state index contributed by atoms with van der Waals surface area (Å²) in [6.45, 7) is 2.20. The van der Waals surface area contributed by atoms with Crippen molar-refractivity contribution in [3.8, 4) is 0 Å². The maximum Gasteiger partial charge on any atom is 0.350 e. The second-order valence-electron chi connectivity index (χ2n) is 5.00. The molecule has 2 aliphatic carbocycles. The van der Waals surface area contributed by atoms with Gasteiger partial charge < -0.3 is 15.8 Å². The maximum absolute atomic E-state index is 11.9. The molecular weight excluding hydrogens is 248 g/mol. The lowest BCUT2D eigenvalue weighted by atomic mass is 10.1. The highest BCUT2D eigenvalue weighted by atomic mass is 32.1. The molecule has 0 atom stereocenters. The number of nitrogens with one attached hydrogen (secondary N) is 1. The van der Waals surface area contributed by atoms with Crippen molar-refractivity contribution in [3.05, 3.63) is 10.4 Å². The highest BCUT2D eigenvalue weighted by Gasteiger charge is 2.35. The molecule has 0 unspecified atom stereocenters. The first kappa shape index (κ1) is 11.8. The van der Waals surface area contributed by atoms with Crippen molar-refractivity contribution in [1.82, 2.24) is 0 Å². The summed E-state index contributed by atoms with van der Waals surface area (Å²) in [5.41, 5.74) is 7.95. The van der Waals surface area contributed by atoms with Gasteiger partial charge in [-0.05, 0) is 38.5 Å². The van der Waals surface area contributed by atoms with Crippen LogP contribution in [0.2, 0.25) is 0 Å². The van der Waals surface area contributed by atoms with Gasteiger partial charge in [-0.3, -0.25) is 0 Å². The molecule has 18 heavy (non-hydrogen) atoms. The summed E-state index contributed by atoms with van der Waals surface area (Å²) in [5.74, 6) is 0.261. The number of anilines is 2. The van der Waals surface area contributed by atoms with Gasteiger partial charge in [0.15, 0.2) is 0 Å². The second-order valence-corrected chi connectivity index (χ2v) is 6.02. The average molecular weight is 266 g/mol. The van der Waals surface area contributed by atoms with Gasteiger partial charge >= 0.3 is 5.97 Å². The van der Waals surface area contributed by atoms with E-state index in [-0.39, 0.29) is 5.97 Å². The SMILES string of the molecule is CCOC(=O)c1sc(NC2CC2)c(C2CC2)c1N. The molecule has 1 aromatic rings. The van der Waals surface area contributed by atoms with Gasteiger partial charge in [-0.2, -0.15) is 0 Å². The fourth-order valence-electron chi connectivity index (χ4n) is 2.10. The molecule has 4 nitrogen and oxygen atoms in total. The van der Waals surface area contributed by atoms with E-state index in [4.69, 9.17) is 10.5 Å². The zero-order chi connectivity index (χ0) is 12.7. The Hall–Kier alpha value is -1.23. The number of rotatable bonds is 5. The molecule has 0 radical (unpaired) electrons. The molecule has 3 N–H and O–H groups in total. The van der Waals surface area contributed by atoms with Crippen LogP contribution in [0.4, 0.5) is 10.7 Å². The highest BCUT2D eigenvalue weighted by Crippen LogP contribution is 2.51. The molecule has 0 spiro atoms. The Morgan fingerprint density at radius 3 is 2.72 bits per heavy atom. The normalized spacial score (nSPS) is 18.7. The van der Waals surface area contributed by atoms with Gasteiger partial charge in [-0.25, -0.2) is 4.79 Å². The quantitative estimate of drug-likeness (QED) is 0.804. The Labute approximate surface area is 111 Å². The minimum atomic E-state index is -0.286. The third-order valence-corrected chi connectivity index (χ3v) is 4.48. The topological polar surface area (TPSA) is 64.3 Å². The van der Waals surface area contributed by atoms with Gasteiger partial charge in [0, 0.05) is 11.6 Å². The first-order chi connectivity index (χ1) is 8.70. The van der Waals surface area contributed by atoms with Gasteiger partial charge in [0.05, 0.1) is 17.3 Å². The summed E-state index contributed by atoms with van der Waals surface area (Å²) in [7, 11) is 0. The summed E-state index contributed by atoms with van der Waals surface area (Å²) < 4.78 is 5.06. The average Bonchev–Trinajstić information content (AvgIpc) is 3.21. The van der Waals surface area contributed by atoms with Crippen LogP contribution in [0, 0.1) is 0 Å². The Bertz CT molecular complexity index is 476. The van der Waals surface area contributed by atoms with Crippen molar-refractivity contribution in [3.63, 3.8) is 0 Å². The first-order valence-corrected chi connectivity index (χ1v) is 7.38. The van der Waals surface area contributed by atoms with Gasteiger partial charge in [0.25, 0.3) is 0 Å². The lowest BCUT2D eigenvalue weighted by Gasteiger charge is -2.05. The van der Waals surface area contributed by atoms with Crippen molar-refractivity contribution in [1.29, 1.82) is 0 Å². The molecule has 1 aromatic heterocycles. The Balaban J connectivity index is 1.91. The Morgan fingerprint density at radius 1 is 1.44 bits per heavy atom. The first-order valence-electron chi connectivity index (χ1n) is 6.56. The van der Waals surface area contributed by atoms with Crippen molar-refractivity contribution >= 4 is 28.0 Å².